The fraction of sp³-hybridized carbons (Fsp3) is 0.718. The van der Waals surface area contributed by atoms with Crippen LogP contribution < -0.4 is 10.6 Å². The first-order chi connectivity index (χ1) is 22.1. The highest BCUT2D eigenvalue weighted by Crippen LogP contribution is 2.64. The largest absolute Gasteiger partial charge is 0.396 e. The van der Waals surface area contributed by atoms with Gasteiger partial charge in [0.05, 0.1) is 17.8 Å². The molecule has 0 aromatic heterocycles. The molecule has 0 radical (unpaired) electrons. The molecule has 0 aliphatic heterocycles. The maximum Gasteiger partial charge on any atom is 0.145 e. The molecule has 0 saturated heterocycles. The fourth-order valence-corrected chi connectivity index (χ4v) is 8.16. The minimum Gasteiger partial charge on any atom is -0.396 e. The number of hydrogen-bond donors (Lipinski definition) is 6. The molecule has 2 rings (SSSR count). The highest BCUT2D eigenvalue weighted by Gasteiger charge is 2.65. The normalized spacial score (nSPS) is 29.1. The molecule has 0 aromatic carbocycles. The minimum absolute atomic E-state index is 0.00936. The summed E-state index contributed by atoms with van der Waals surface area (Å²) < 4.78 is 0. The summed E-state index contributed by atoms with van der Waals surface area (Å²) in [4.78, 5) is 12.0. The highest BCUT2D eigenvalue weighted by atomic mass is 16.3. The summed E-state index contributed by atoms with van der Waals surface area (Å²) in [6.07, 6.45) is 16.7. The van der Waals surface area contributed by atoms with E-state index in [0.717, 1.165) is 68.2 Å². The topological polar surface area (TPSA) is 122 Å². The van der Waals surface area contributed by atoms with E-state index < -0.39 is 23.2 Å². The second-order valence-electron chi connectivity index (χ2n) is 13.8. The second-order valence-corrected chi connectivity index (χ2v) is 13.8. The van der Waals surface area contributed by atoms with E-state index in [2.05, 4.69) is 44.1 Å². The van der Waals surface area contributed by atoms with Gasteiger partial charge >= 0.3 is 0 Å². The predicted octanol–water partition coefficient (Wildman–Crippen LogP) is 6.10. The van der Waals surface area contributed by atoms with E-state index in [-0.39, 0.29) is 18.4 Å². The van der Waals surface area contributed by atoms with Crippen LogP contribution in [-0.2, 0) is 4.79 Å². The molecule has 46 heavy (non-hydrogen) atoms. The van der Waals surface area contributed by atoms with Gasteiger partial charge in [0.15, 0.2) is 0 Å². The van der Waals surface area contributed by atoms with Crippen molar-refractivity contribution in [2.24, 2.45) is 17.3 Å². The number of unbranched alkanes of at least 4 members (excludes halogenated alkanes) is 2. The van der Waals surface area contributed by atoms with Gasteiger partial charge in [0.25, 0.3) is 0 Å². The summed E-state index contributed by atoms with van der Waals surface area (Å²) in [6.45, 7) is 14.9. The molecule has 6 N–H and O–H groups in total. The Morgan fingerprint density at radius 1 is 1.17 bits per heavy atom. The van der Waals surface area contributed by atoms with Crippen molar-refractivity contribution in [3.8, 4) is 0 Å². The Kier molecular flexibility index (Phi) is 17.9. The van der Waals surface area contributed by atoms with Crippen LogP contribution in [0.4, 0.5) is 0 Å². The number of carbonyl (C=O) groups is 1. The lowest BCUT2D eigenvalue weighted by molar-refractivity contribution is -0.181. The van der Waals surface area contributed by atoms with Crippen LogP contribution >= 0.6 is 0 Å². The van der Waals surface area contributed by atoms with E-state index in [1.807, 2.05) is 32.2 Å². The molecule has 2 aliphatic rings. The standard InChI is InChI=1S/C39H66N2O5/c1-7-9-10-19-36(44)33(17-12-15-29(3)14-11-16-30(4)27-41-8-2)34-21-23-39(37(34)45)35(18-13-26-42)32(31(5)28-43)20-22-38(39,46)24-25-40-6/h12,15-17,28,34-37,40-42,44-46H,3,7-11,13-14,18-27H2,1-2,4-6H3. The van der Waals surface area contributed by atoms with Gasteiger partial charge in [-0.05, 0) is 115 Å². The van der Waals surface area contributed by atoms with Crippen molar-refractivity contribution in [3.63, 3.8) is 0 Å². The van der Waals surface area contributed by atoms with Crippen molar-refractivity contribution in [2.45, 2.75) is 129 Å². The number of rotatable bonds is 21. The van der Waals surface area contributed by atoms with Crippen LogP contribution in [0.5, 0.6) is 0 Å². The SMILES string of the molecule is C=C(C=CC=C(C(O)CCCCC)C1CCC2(C(CCCO)C(=C(C)C=O)CCC2(O)CCNC)C1O)CCC=C(C)CNCC. The summed E-state index contributed by atoms with van der Waals surface area (Å²) >= 11 is 0. The third-order valence-electron chi connectivity index (χ3n) is 10.7. The summed E-state index contributed by atoms with van der Waals surface area (Å²) in [7, 11) is 1.87. The van der Waals surface area contributed by atoms with Crippen molar-refractivity contribution >= 4 is 6.29 Å². The summed E-state index contributed by atoms with van der Waals surface area (Å²) in [5.41, 5.74) is 2.74. The lowest BCUT2D eigenvalue weighted by Crippen LogP contribution is -2.61. The van der Waals surface area contributed by atoms with Crippen LogP contribution in [0.25, 0.3) is 0 Å². The molecule has 6 atom stereocenters. The first-order valence-corrected chi connectivity index (χ1v) is 18.0. The third kappa shape index (κ3) is 10.3. The van der Waals surface area contributed by atoms with Gasteiger partial charge in [0, 0.05) is 24.5 Å². The Hall–Kier alpha value is -1.87. The van der Waals surface area contributed by atoms with Crippen molar-refractivity contribution in [2.75, 3.05) is 33.3 Å². The molecular weight excluding hydrogens is 576 g/mol. The summed E-state index contributed by atoms with van der Waals surface area (Å²) in [6, 6.07) is 0. The number of carbonyl (C=O) groups excluding carboxylic acids is 1. The second kappa shape index (κ2) is 20.5. The van der Waals surface area contributed by atoms with Crippen LogP contribution in [0.15, 0.2) is 58.7 Å². The van der Waals surface area contributed by atoms with Crippen molar-refractivity contribution in [3.05, 3.63) is 58.7 Å². The third-order valence-corrected chi connectivity index (χ3v) is 10.7. The molecule has 0 heterocycles. The quantitative estimate of drug-likeness (QED) is 0.0294. The van der Waals surface area contributed by atoms with Crippen molar-refractivity contribution in [1.29, 1.82) is 0 Å². The van der Waals surface area contributed by atoms with Crippen LogP contribution in [0.1, 0.15) is 111 Å². The molecule has 262 valence electrons. The van der Waals surface area contributed by atoms with Crippen LogP contribution in [0.3, 0.4) is 0 Å². The first-order valence-electron chi connectivity index (χ1n) is 18.0. The van der Waals surface area contributed by atoms with E-state index in [1.54, 1.807) is 0 Å². The van der Waals surface area contributed by atoms with Crippen LogP contribution in [0, 0.1) is 17.3 Å². The predicted molar refractivity (Wildman–Crippen MR) is 191 cm³/mol. The molecule has 7 heteroatoms. The Morgan fingerprint density at radius 3 is 2.59 bits per heavy atom. The molecule has 0 aromatic rings. The Balaban J connectivity index is 2.50. The Labute approximate surface area is 280 Å². The van der Waals surface area contributed by atoms with Gasteiger partial charge in [0.2, 0.25) is 0 Å². The average Bonchev–Trinajstić information content (AvgIpc) is 3.38. The number of aliphatic hydroxyl groups excluding tert-OH is 3. The molecule has 0 bridgehead atoms. The van der Waals surface area contributed by atoms with Gasteiger partial charge in [-0.2, -0.15) is 0 Å². The molecule has 7 nitrogen and oxygen atoms in total. The smallest absolute Gasteiger partial charge is 0.145 e. The zero-order valence-electron chi connectivity index (χ0n) is 29.6. The Morgan fingerprint density at radius 2 is 1.93 bits per heavy atom. The van der Waals surface area contributed by atoms with Gasteiger partial charge in [0.1, 0.15) is 6.29 Å². The lowest BCUT2D eigenvalue weighted by atomic mass is 9.51. The molecule has 0 amide bonds. The average molecular weight is 643 g/mol. The van der Waals surface area contributed by atoms with E-state index in [0.29, 0.717) is 63.5 Å². The zero-order valence-corrected chi connectivity index (χ0v) is 29.6. The highest BCUT2D eigenvalue weighted by molar-refractivity contribution is 5.74. The minimum atomic E-state index is -1.16. The molecule has 2 aliphatic carbocycles. The Bertz CT molecular complexity index is 1080. The molecule has 2 fully saturated rings. The number of aldehydes is 1. The van der Waals surface area contributed by atoms with Crippen molar-refractivity contribution in [1.82, 2.24) is 10.6 Å². The summed E-state index contributed by atoms with van der Waals surface area (Å²) in [5.74, 6) is -0.571. The van der Waals surface area contributed by atoms with Gasteiger partial charge in [-0.15, -0.1) is 0 Å². The fourth-order valence-electron chi connectivity index (χ4n) is 8.16. The number of likely N-dealkylation sites (N-methyl/N-ethyl adjacent to an activating group) is 1. The van der Waals surface area contributed by atoms with Crippen molar-refractivity contribution < 1.29 is 25.2 Å². The van der Waals surface area contributed by atoms with E-state index in [1.165, 1.54) is 5.57 Å². The van der Waals surface area contributed by atoms with Crippen LogP contribution in [0.2, 0.25) is 0 Å². The lowest BCUT2D eigenvalue weighted by Gasteiger charge is -2.57. The molecule has 2 saturated carbocycles. The zero-order chi connectivity index (χ0) is 34.2. The van der Waals surface area contributed by atoms with E-state index >= 15 is 0 Å². The molecule has 1 spiro atoms. The monoisotopic (exact) mass is 642 g/mol. The van der Waals surface area contributed by atoms with Gasteiger partial charge in [-0.3, -0.25) is 4.79 Å². The number of aliphatic hydroxyl groups is 4. The van der Waals surface area contributed by atoms with Gasteiger partial charge < -0.3 is 31.1 Å². The summed E-state index contributed by atoms with van der Waals surface area (Å²) in [5, 5.41) is 53.0. The molecular formula is C39H66N2O5. The maximum absolute atomic E-state index is 12.5. The number of nitrogens with one attached hydrogen (secondary N) is 2. The maximum atomic E-state index is 12.5. The van der Waals surface area contributed by atoms with Gasteiger partial charge in [-0.25, -0.2) is 0 Å². The number of allylic oxidation sites excluding steroid dienone is 7. The molecule has 6 unspecified atom stereocenters. The van der Waals surface area contributed by atoms with Gasteiger partial charge in [-0.1, -0.05) is 80.7 Å². The van der Waals surface area contributed by atoms with E-state index in [4.69, 9.17) is 0 Å². The first kappa shape index (κ1) is 40.3. The van der Waals surface area contributed by atoms with Crippen LogP contribution in [-0.4, -0.2) is 77.8 Å². The number of hydrogen-bond acceptors (Lipinski definition) is 7. The van der Waals surface area contributed by atoms with E-state index in [9.17, 15) is 25.2 Å².